The van der Waals surface area contributed by atoms with E-state index in [4.69, 9.17) is 10.5 Å². The van der Waals surface area contributed by atoms with E-state index in [0.717, 1.165) is 16.8 Å². The van der Waals surface area contributed by atoms with E-state index >= 15 is 0 Å². The molecule has 0 atom stereocenters. The molecule has 2 aromatic rings. The summed E-state index contributed by atoms with van der Waals surface area (Å²) in [6.45, 7) is 4.04. The minimum atomic E-state index is 0.591. The molecule has 0 aromatic heterocycles. The van der Waals surface area contributed by atoms with Crippen LogP contribution in [0.3, 0.4) is 0 Å². The van der Waals surface area contributed by atoms with Gasteiger partial charge in [-0.2, -0.15) is 10.2 Å². The van der Waals surface area contributed by atoms with E-state index in [-0.39, 0.29) is 0 Å². The SMILES string of the molecule is COc1cc(/N=N/c2cc(C)ccc2C)ccc1N. The third-order valence-electron chi connectivity index (χ3n) is 2.85. The van der Waals surface area contributed by atoms with Gasteiger partial charge < -0.3 is 10.5 Å². The van der Waals surface area contributed by atoms with Crippen LogP contribution in [-0.4, -0.2) is 7.11 Å². The number of rotatable bonds is 3. The van der Waals surface area contributed by atoms with E-state index in [2.05, 4.69) is 16.3 Å². The van der Waals surface area contributed by atoms with Gasteiger partial charge in [-0.15, -0.1) is 0 Å². The summed E-state index contributed by atoms with van der Waals surface area (Å²) >= 11 is 0. The Balaban J connectivity index is 2.29. The lowest BCUT2D eigenvalue weighted by Crippen LogP contribution is -1.90. The van der Waals surface area contributed by atoms with Crippen LogP contribution in [0.5, 0.6) is 5.75 Å². The quantitative estimate of drug-likeness (QED) is 0.656. The summed E-state index contributed by atoms with van der Waals surface area (Å²) in [6.07, 6.45) is 0. The van der Waals surface area contributed by atoms with Gasteiger partial charge in [0.2, 0.25) is 0 Å². The summed E-state index contributed by atoms with van der Waals surface area (Å²) in [5.41, 5.74) is 10.2. The molecular formula is C15H17N3O. The van der Waals surface area contributed by atoms with E-state index in [0.29, 0.717) is 17.1 Å². The first kappa shape index (κ1) is 13.1. The molecule has 4 heteroatoms. The fourth-order valence-electron chi connectivity index (χ4n) is 1.70. The normalized spacial score (nSPS) is 10.9. The van der Waals surface area contributed by atoms with Crippen molar-refractivity contribution < 1.29 is 4.74 Å². The number of nitrogens with two attached hydrogens (primary N) is 1. The maximum Gasteiger partial charge on any atom is 0.143 e. The number of nitrogens with zero attached hydrogens (tertiary/aromatic N) is 2. The van der Waals surface area contributed by atoms with Gasteiger partial charge in [0, 0.05) is 6.07 Å². The highest BCUT2D eigenvalue weighted by molar-refractivity contribution is 5.59. The molecule has 0 saturated heterocycles. The van der Waals surface area contributed by atoms with E-state index in [1.807, 2.05) is 32.0 Å². The molecule has 0 bridgehead atoms. The van der Waals surface area contributed by atoms with Crippen LogP contribution in [0.15, 0.2) is 46.6 Å². The number of nitrogen functional groups attached to an aromatic ring is 1. The van der Waals surface area contributed by atoms with Crippen molar-refractivity contribution in [2.45, 2.75) is 13.8 Å². The molecule has 4 nitrogen and oxygen atoms in total. The van der Waals surface area contributed by atoms with E-state index in [9.17, 15) is 0 Å². The number of anilines is 1. The smallest absolute Gasteiger partial charge is 0.143 e. The van der Waals surface area contributed by atoms with Gasteiger partial charge in [0.1, 0.15) is 5.75 Å². The van der Waals surface area contributed by atoms with Gasteiger partial charge in [-0.05, 0) is 43.2 Å². The maximum absolute atomic E-state index is 5.75. The van der Waals surface area contributed by atoms with Crippen molar-refractivity contribution in [3.05, 3.63) is 47.5 Å². The van der Waals surface area contributed by atoms with Gasteiger partial charge >= 0.3 is 0 Å². The number of azo groups is 1. The monoisotopic (exact) mass is 255 g/mol. The van der Waals surface area contributed by atoms with Crippen molar-refractivity contribution in [2.24, 2.45) is 10.2 Å². The molecule has 19 heavy (non-hydrogen) atoms. The first-order valence-corrected chi connectivity index (χ1v) is 6.02. The fraction of sp³-hybridized carbons (Fsp3) is 0.200. The lowest BCUT2D eigenvalue weighted by molar-refractivity contribution is 0.417. The first-order chi connectivity index (χ1) is 9.10. The molecule has 2 aromatic carbocycles. The maximum atomic E-state index is 5.75. The highest BCUT2D eigenvalue weighted by Crippen LogP contribution is 2.28. The highest BCUT2D eigenvalue weighted by atomic mass is 16.5. The highest BCUT2D eigenvalue weighted by Gasteiger charge is 2.01. The summed E-state index contributed by atoms with van der Waals surface area (Å²) in [6, 6.07) is 11.4. The van der Waals surface area contributed by atoms with E-state index in [1.54, 1.807) is 19.2 Å². The van der Waals surface area contributed by atoms with Crippen LogP contribution >= 0.6 is 0 Å². The number of hydrogen-bond donors (Lipinski definition) is 1. The summed E-state index contributed by atoms with van der Waals surface area (Å²) in [4.78, 5) is 0. The number of aryl methyl sites for hydroxylation is 2. The number of ether oxygens (including phenoxy) is 1. The van der Waals surface area contributed by atoms with Crippen molar-refractivity contribution >= 4 is 17.1 Å². The minimum Gasteiger partial charge on any atom is -0.495 e. The molecular weight excluding hydrogens is 238 g/mol. The van der Waals surface area contributed by atoms with Crippen LogP contribution in [0.1, 0.15) is 11.1 Å². The summed E-state index contributed by atoms with van der Waals surface area (Å²) in [5, 5.41) is 8.49. The lowest BCUT2D eigenvalue weighted by atomic mass is 10.1. The minimum absolute atomic E-state index is 0.591. The van der Waals surface area contributed by atoms with Crippen molar-refractivity contribution in [3.8, 4) is 5.75 Å². The van der Waals surface area contributed by atoms with E-state index < -0.39 is 0 Å². The second kappa shape index (κ2) is 5.52. The Morgan fingerprint density at radius 3 is 2.53 bits per heavy atom. The zero-order valence-electron chi connectivity index (χ0n) is 11.3. The number of benzene rings is 2. The lowest BCUT2D eigenvalue weighted by Gasteiger charge is -2.04. The molecule has 0 aliphatic carbocycles. The Morgan fingerprint density at radius 2 is 1.79 bits per heavy atom. The second-order valence-electron chi connectivity index (χ2n) is 4.42. The Kier molecular flexibility index (Phi) is 3.80. The van der Waals surface area contributed by atoms with Gasteiger partial charge in [0.05, 0.1) is 24.2 Å². The molecule has 2 rings (SSSR count). The van der Waals surface area contributed by atoms with Gasteiger partial charge in [-0.25, -0.2) is 0 Å². The summed E-state index contributed by atoms with van der Waals surface area (Å²) in [7, 11) is 1.58. The Labute approximate surface area is 112 Å². The van der Waals surface area contributed by atoms with Crippen molar-refractivity contribution in [1.29, 1.82) is 0 Å². The zero-order valence-corrected chi connectivity index (χ0v) is 11.3. The number of methoxy groups -OCH3 is 1. The molecule has 0 unspecified atom stereocenters. The molecule has 0 saturated carbocycles. The van der Waals surface area contributed by atoms with Crippen molar-refractivity contribution in [3.63, 3.8) is 0 Å². The second-order valence-corrected chi connectivity index (χ2v) is 4.42. The van der Waals surface area contributed by atoms with Crippen LogP contribution in [0.25, 0.3) is 0 Å². The van der Waals surface area contributed by atoms with Crippen LogP contribution in [0.2, 0.25) is 0 Å². The van der Waals surface area contributed by atoms with Crippen LogP contribution < -0.4 is 10.5 Å². The molecule has 0 spiro atoms. The van der Waals surface area contributed by atoms with Crippen molar-refractivity contribution in [1.82, 2.24) is 0 Å². The van der Waals surface area contributed by atoms with Gasteiger partial charge in [-0.3, -0.25) is 0 Å². The average molecular weight is 255 g/mol. The third kappa shape index (κ3) is 3.10. The largest absolute Gasteiger partial charge is 0.495 e. The summed E-state index contributed by atoms with van der Waals surface area (Å²) in [5.74, 6) is 0.609. The van der Waals surface area contributed by atoms with Gasteiger partial charge in [0.15, 0.2) is 0 Å². The Morgan fingerprint density at radius 1 is 1.00 bits per heavy atom. The molecule has 0 amide bonds. The Hall–Kier alpha value is -2.36. The van der Waals surface area contributed by atoms with Crippen molar-refractivity contribution in [2.75, 3.05) is 12.8 Å². The predicted molar refractivity (Wildman–Crippen MR) is 77.5 cm³/mol. The van der Waals surface area contributed by atoms with E-state index in [1.165, 1.54) is 0 Å². The summed E-state index contributed by atoms with van der Waals surface area (Å²) < 4.78 is 5.15. The molecule has 98 valence electrons. The fourth-order valence-corrected chi connectivity index (χ4v) is 1.70. The van der Waals surface area contributed by atoms with Gasteiger partial charge in [0.25, 0.3) is 0 Å². The predicted octanol–water partition coefficient (Wildman–Crippen LogP) is 4.31. The number of hydrogen-bond acceptors (Lipinski definition) is 4. The Bertz CT molecular complexity index is 621. The molecule has 0 aliphatic rings. The molecule has 2 N–H and O–H groups in total. The third-order valence-corrected chi connectivity index (χ3v) is 2.85. The molecule has 0 radical (unpaired) electrons. The molecule has 0 fully saturated rings. The van der Waals surface area contributed by atoms with Crippen LogP contribution in [-0.2, 0) is 0 Å². The molecule has 0 aliphatic heterocycles. The first-order valence-electron chi connectivity index (χ1n) is 6.02. The van der Waals surface area contributed by atoms with Crippen LogP contribution in [0.4, 0.5) is 17.1 Å². The van der Waals surface area contributed by atoms with Gasteiger partial charge in [-0.1, -0.05) is 12.1 Å². The van der Waals surface area contributed by atoms with Crippen LogP contribution in [0, 0.1) is 13.8 Å². The standard InChI is InChI=1S/C15H17N3O/c1-10-4-5-11(2)14(8-10)18-17-12-6-7-13(16)15(9-12)19-3/h4-9H,16H2,1-3H3/b18-17+. The topological polar surface area (TPSA) is 60.0 Å². The zero-order chi connectivity index (χ0) is 13.8. The molecule has 0 heterocycles. The average Bonchev–Trinajstić information content (AvgIpc) is 2.41.